The quantitative estimate of drug-likeness (QED) is 0.924. The predicted molar refractivity (Wildman–Crippen MR) is 77.4 cm³/mol. The highest BCUT2D eigenvalue weighted by Gasteiger charge is 2.13. The van der Waals surface area contributed by atoms with Crippen molar-refractivity contribution in [2.45, 2.75) is 17.2 Å². The van der Waals surface area contributed by atoms with Crippen molar-refractivity contribution in [3.8, 4) is 5.75 Å². The number of nitrogens with two attached hydrogens (primary N) is 1. The van der Waals surface area contributed by atoms with Gasteiger partial charge in [0.25, 0.3) is 0 Å². The molecular formula is C15H15F2NO2S. The molecule has 2 N–H and O–H groups in total. The van der Waals surface area contributed by atoms with E-state index in [1.54, 1.807) is 18.2 Å². The fraction of sp³-hybridized carbons (Fsp3) is 0.200. The Labute approximate surface area is 124 Å². The maximum atomic E-state index is 13.6. The fourth-order valence-corrected chi connectivity index (χ4v) is 3.07. The van der Waals surface area contributed by atoms with Crippen molar-refractivity contribution < 1.29 is 17.7 Å². The van der Waals surface area contributed by atoms with Crippen LogP contribution in [-0.2, 0) is 23.1 Å². The third kappa shape index (κ3) is 3.65. The standard InChI is InChI=1S/C15H15F2NO2S/c1-20-14-6-10(2-3-11(14)8-18)9-21(19)15-5-4-12(16)7-13(15)17/h2-7H,8-9,18H2,1H3. The Hall–Kier alpha value is -1.79. The number of benzene rings is 2. The SMILES string of the molecule is COc1cc(CS(=O)c2ccc(F)cc2F)ccc1CN. The molecule has 0 aromatic heterocycles. The lowest BCUT2D eigenvalue weighted by atomic mass is 10.1. The number of rotatable bonds is 5. The van der Waals surface area contributed by atoms with Crippen LogP contribution in [0.25, 0.3) is 0 Å². The summed E-state index contributed by atoms with van der Waals surface area (Å²) in [5, 5.41) is 0. The molecule has 0 saturated carbocycles. The topological polar surface area (TPSA) is 52.3 Å². The van der Waals surface area contributed by atoms with Crippen LogP contribution in [0, 0.1) is 11.6 Å². The fourth-order valence-electron chi connectivity index (χ4n) is 1.94. The zero-order chi connectivity index (χ0) is 15.4. The highest BCUT2D eigenvalue weighted by Crippen LogP contribution is 2.23. The Balaban J connectivity index is 2.23. The molecule has 0 bridgehead atoms. The summed E-state index contributed by atoms with van der Waals surface area (Å²) >= 11 is 0. The monoisotopic (exact) mass is 311 g/mol. The third-order valence-corrected chi connectivity index (χ3v) is 4.43. The number of hydrogen-bond donors (Lipinski definition) is 1. The van der Waals surface area contributed by atoms with E-state index in [4.69, 9.17) is 10.5 Å². The molecule has 1 unspecified atom stereocenters. The molecule has 0 spiro atoms. The van der Waals surface area contributed by atoms with Gasteiger partial charge in [-0.15, -0.1) is 0 Å². The molecule has 0 saturated heterocycles. The van der Waals surface area contributed by atoms with Gasteiger partial charge in [-0.1, -0.05) is 12.1 Å². The normalized spacial score (nSPS) is 12.2. The molecule has 21 heavy (non-hydrogen) atoms. The molecule has 0 radical (unpaired) electrons. The molecule has 6 heteroatoms. The van der Waals surface area contributed by atoms with E-state index in [1.165, 1.54) is 13.2 Å². The van der Waals surface area contributed by atoms with Gasteiger partial charge >= 0.3 is 0 Å². The van der Waals surface area contributed by atoms with Gasteiger partial charge in [-0.3, -0.25) is 4.21 Å². The molecular weight excluding hydrogens is 296 g/mol. The lowest BCUT2D eigenvalue weighted by Crippen LogP contribution is -2.03. The summed E-state index contributed by atoms with van der Waals surface area (Å²) in [6, 6.07) is 8.30. The molecule has 112 valence electrons. The van der Waals surface area contributed by atoms with Crippen LogP contribution in [0.2, 0.25) is 0 Å². The van der Waals surface area contributed by atoms with Gasteiger partial charge in [0.05, 0.1) is 28.6 Å². The number of hydrogen-bond acceptors (Lipinski definition) is 3. The van der Waals surface area contributed by atoms with E-state index in [9.17, 15) is 13.0 Å². The van der Waals surface area contributed by atoms with Crippen LogP contribution in [0.1, 0.15) is 11.1 Å². The van der Waals surface area contributed by atoms with Gasteiger partial charge in [0.2, 0.25) is 0 Å². The van der Waals surface area contributed by atoms with Crippen LogP contribution >= 0.6 is 0 Å². The summed E-state index contributed by atoms with van der Waals surface area (Å²) in [7, 11) is -0.0788. The van der Waals surface area contributed by atoms with E-state index in [0.717, 1.165) is 23.3 Å². The predicted octanol–water partition coefficient (Wildman–Crippen LogP) is 2.74. The van der Waals surface area contributed by atoms with Gasteiger partial charge in [-0.2, -0.15) is 0 Å². The minimum absolute atomic E-state index is 0.0155. The summed E-state index contributed by atoms with van der Waals surface area (Å²) in [6.07, 6.45) is 0. The Kier molecular flexibility index (Phi) is 5.03. The molecule has 0 aliphatic rings. The van der Waals surface area contributed by atoms with E-state index in [2.05, 4.69) is 0 Å². The number of ether oxygens (including phenoxy) is 1. The van der Waals surface area contributed by atoms with Crippen LogP contribution in [0.3, 0.4) is 0 Å². The largest absolute Gasteiger partial charge is 0.496 e. The highest BCUT2D eigenvalue weighted by atomic mass is 32.2. The van der Waals surface area contributed by atoms with Crippen molar-refractivity contribution in [2.24, 2.45) is 5.73 Å². The van der Waals surface area contributed by atoms with E-state index in [0.29, 0.717) is 12.3 Å². The summed E-state index contributed by atoms with van der Waals surface area (Å²) in [4.78, 5) is -0.0155. The molecule has 0 aliphatic heterocycles. The summed E-state index contributed by atoms with van der Waals surface area (Å²) in [5.41, 5.74) is 7.14. The molecule has 1 atom stereocenters. The van der Waals surface area contributed by atoms with Crippen LogP contribution in [0.5, 0.6) is 5.75 Å². The summed E-state index contributed by atoms with van der Waals surface area (Å²) < 4.78 is 43.8. The van der Waals surface area contributed by atoms with Crippen LogP contribution in [-0.4, -0.2) is 11.3 Å². The Morgan fingerprint density at radius 1 is 1.19 bits per heavy atom. The first-order chi connectivity index (χ1) is 10.0. The van der Waals surface area contributed by atoms with Crippen LogP contribution in [0.15, 0.2) is 41.3 Å². The lowest BCUT2D eigenvalue weighted by Gasteiger charge is -2.09. The van der Waals surface area contributed by atoms with Crippen molar-refractivity contribution in [2.75, 3.05) is 7.11 Å². The molecule has 2 aromatic carbocycles. The maximum absolute atomic E-state index is 13.6. The van der Waals surface area contributed by atoms with Gasteiger partial charge in [0.15, 0.2) is 0 Å². The first-order valence-electron chi connectivity index (χ1n) is 6.24. The van der Waals surface area contributed by atoms with Gasteiger partial charge in [0.1, 0.15) is 17.4 Å². The zero-order valence-corrected chi connectivity index (χ0v) is 12.3. The number of methoxy groups -OCH3 is 1. The van der Waals surface area contributed by atoms with Crippen molar-refractivity contribution >= 4 is 10.8 Å². The Morgan fingerprint density at radius 2 is 1.95 bits per heavy atom. The second-order valence-electron chi connectivity index (χ2n) is 4.41. The second-order valence-corrected chi connectivity index (χ2v) is 5.83. The summed E-state index contributed by atoms with van der Waals surface area (Å²) in [6.45, 7) is 0.332. The lowest BCUT2D eigenvalue weighted by molar-refractivity contribution is 0.409. The van der Waals surface area contributed by atoms with Crippen molar-refractivity contribution in [3.05, 3.63) is 59.2 Å². The average Bonchev–Trinajstić information content (AvgIpc) is 2.46. The minimum Gasteiger partial charge on any atom is -0.496 e. The number of halogens is 2. The molecule has 0 fully saturated rings. The van der Waals surface area contributed by atoms with Crippen molar-refractivity contribution in [3.63, 3.8) is 0 Å². The van der Waals surface area contributed by atoms with E-state index < -0.39 is 22.4 Å². The first kappa shape index (κ1) is 15.6. The Bertz CT molecular complexity index is 677. The average molecular weight is 311 g/mol. The zero-order valence-electron chi connectivity index (χ0n) is 11.4. The molecule has 2 aromatic rings. The Morgan fingerprint density at radius 3 is 2.57 bits per heavy atom. The maximum Gasteiger partial charge on any atom is 0.142 e. The first-order valence-corrected chi connectivity index (χ1v) is 7.56. The highest BCUT2D eigenvalue weighted by molar-refractivity contribution is 7.84. The minimum atomic E-state index is -1.60. The smallest absolute Gasteiger partial charge is 0.142 e. The third-order valence-electron chi connectivity index (χ3n) is 3.01. The molecule has 0 heterocycles. The van der Waals surface area contributed by atoms with Gasteiger partial charge in [-0.05, 0) is 23.8 Å². The molecule has 2 rings (SSSR count). The van der Waals surface area contributed by atoms with E-state index in [1.807, 2.05) is 0 Å². The van der Waals surface area contributed by atoms with Gasteiger partial charge in [-0.25, -0.2) is 8.78 Å². The van der Waals surface area contributed by atoms with Crippen LogP contribution in [0.4, 0.5) is 8.78 Å². The van der Waals surface area contributed by atoms with E-state index in [-0.39, 0.29) is 10.6 Å². The van der Waals surface area contributed by atoms with Gasteiger partial charge in [0, 0.05) is 18.2 Å². The van der Waals surface area contributed by atoms with E-state index >= 15 is 0 Å². The molecule has 0 aliphatic carbocycles. The van der Waals surface area contributed by atoms with Crippen molar-refractivity contribution in [1.82, 2.24) is 0 Å². The molecule has 0 amide bonds. The van der Waals surface area contributed by atoms with Crippen LogP contribution < -0.4 is 10.5 Å². The van der Waals surface area contributed by atoms with Gasteiger partial charge < -0.3 is 10.5 Å². The van der Waals surface area contributed by atoms with Crippen molar-refractivity contribution in [1.29, 1.82) is 0 Å². The molecule has 3 nitrogen and oxygen atoms in total. The summed E-state index contributed by atoms with van der Waals surface area (Å²) in [5.74, 6) is -0.781. The second kappa shape index (κ2) is 6.78.